The number of hydrogen-bond acceptors (Lipinski definition) is 4. The van der Waals surface area contributed by atoms with Crippen molar-refractivity contribution in [2.24, 2.45) is 0 Å². The molecule has 18 heavy (non-hydrogen) atoms. The highest BCUT2D eigenvalue weighted by Gasteiger charge is 2.14. The molecule has 0 aliphatic carbocycles. The van der Waals surface area contributed by atoms with Crippen LogP contribution in [0.5, 0.6) is 0 Å². The van der Waals surface area contributed by atoms with E-state index in [1.165, 1.54) is 0 Å². The van der Waals surface area contributed by atoms with Crippen molar-refractivity contribution in [3.63, 3.8) is 0 Å². The van der Waals surface area contributed by atoms with Gasteiger partial charge in [-0.05, 0) is 39.3 Å². The average molecular weight is 272 g/mol. The summed E-state index contributed by atoms with van der Waals surface area (Å²) in [5.41, 5.74) is 1.01. The van der Waals surface area contributed by atoms with Crippen LogP contribution in [0.25, 0.3) is 0 Å². The zero-order chi connectivity index (χ0) is 13.6. The van der Waals surface area contributed by atoms with Crippen molar-refractivity contribution in [2.45, 2.75) is 38.2 Å². The van der Waals surface area contributed by atoms with Gasteiger partial charge in [-0.2, -0.15) is 8.42 Å². The zero-order valence-corrected chi connectivity index (χ0v) is 11.9. The fraction of sp³-hybridized carbons (Fsp3) is 0.538. The fourth-order valence-electron chi connectivity index (χ4n) is 1.32. The van der Waals surface area contributed by atoms with Crippen molar-refractivity contribution in [1.82, 2.24) is 0 Å². The first kappa shape index (κ1) is 15.1. The molecule has 102 valence electrons. The first-order valence-electron chi connectivity index (χ1n) is 5.99. The van der Waals surface area contributed by atoms with E-state index >= 15 is 0 Å². The lowest BCUT2D eigenvalue weighted by Crippen LogP contribution is -2.11. The molecular formula is C13H20O4S. The number of benzene rings is 1. The first-order valence-corrected chi connectivity index (χ1v) is 7.40. The lowest BCUT2D eigenvalue weighted by molar-refractivity contribution is 0.0700. The highest BCUT2D eigenvalue weighted by atomic mass is 32.2. The summed E-state index contributed by atoms with van der Waals surface area (Å²) in [6.07, 6.45) is 0.710. The summed E-state index contributed by atoms with van der Waals surface area (Å²) in [6, 6.07) is 6.60. The smallest absolute Gasteiger partial charge is 0.296 e. The van der Waals surface area contributed by atoms with Crippen molar-refractivity contribution >= 4 is 10.1 Å². The summed E-state index contributed by atoms with van der Waals surface area (Å²) in [4.78, 5) is 0.192. The number of hydrogen-bond donors (Lipinski definition) is 0. The van der Waals surface area contributed by atoms with Crippen LogP contribution in [0, 0.1) is 6.92 Å². The zero-order valence-electron chi connectivity index (χ0n) is 11.0. The van der Waals surface area contributed by atoms with Crippen LogP contribution >= 0.6 is 0 Å². The second-order valence-corrected chi connectivity index (χ2v) is 5.98. The molecular weight excluding hydrogens is 252 g/mol. The second-order valence-electron chi connectivity index (χ2n) is 4.36. The largest absolute Gasteiger partial charge is 0.379 e. The molecule has 1 rings (SSSR count). The molecule has 5 heteroatoms. The van der Waals surface area contributed by atoms with Gasteiger partial charge in [0.1, 0.15) is 0 Å². The van der Waals surface area contributed by atoms with Crippen LogP contribution in [0.3, 0.4) is 0 Å². The lowest BCUT2D eigenvalue weighted by atomic mass is 10.2. The van der Waals surface area contributed by atoms with Crippen molar-refractivity contribution in [2.75, 3.05) is 13.2 Å². The van der Waals surface area contributed by atoms with Gasteiger partial charge in [-0.1, -0.05) is 17.7 Å². The Morgan fingerprint density at radius 2 is 1.72 bits per heavy atom. The molecule has 4 nitrogen and oxygen atoms in total. The van der Waals surface area contributed by atoms with Crippen molar-refractivity contribution < 1.29 is 17.3 Å². The predicted molar refractivity (Wildman–Crippen MR) is 70.0 cm³/mol. The summed E-state index contributed by atoms with van der Waals surface area (Å²) in [6.45, 7) is 6.42. The van der Waals surface area contributed by atoms with Crippen LogP contribution < -0.4 is 0 Å². The monoisotopic (exact) mass is 272 g/mol. The van der Waals surface area contributed by atoms with Gasteiger partial charge in [-0.3, -0.25) is 4.18 Å². The minimum absolute atomic E-state index is 0.142. The van der Waals surface area contributed by atoms with Gasteiger partial charge in [-0.15, -0.1) is 0 Å². The van der Waals surface area contributed by atoms with Gasteiger partial charge < -0.3 is 4.74 Å². The number of ether oxygens (including phenoxy) is 1. The molecule has 0 bridgehead atoms. The van der Waals surface area contributed by atoms with Crippen molar-refractivity contribution in [1.29, 1.82) is 0 Å². The molecule has 0 saturated carbocycles. The molecule has 0 aromatic heterocycles. The van der Waals surface area contributed by atoms with Crippen LogP contribution in [0.4, 0.5) is 0 Å². The van der Waals surface area contributed by atoms with Crippen LogP contribution in [0.1, 0.15) is 25.8 Å². The predicted octanol–water partition coefficient (Wildman–Crippen LogP) is 2.52. The number of aryl methyl sites for hydroxylation is 1. The van der Waals surface area contributed by atoms with Gasteiger partial charge in [0, 0.05) is 6.61 Å². The maximum Gasteiger partial charge on any atom is 0.296 e. The van der Waals surface area contributed by atoms with Gasteiger partial charge in [-0.25, -0.2) is 0 Å². The Hall–Kier alpha value is -0.910. The Morgan fingerprint density at radius 1 is 1.11 bits per heavy atom. The third-order valence-electron chi connectivity index (χ3n) is 2.29. The molecule has 0 saturated heterocycles. The molecule has 0 unspecified atom stereocenters. The first-order chi connectivity index (χ1) is 8.42. The molecule has 0 N–H and O–H groups in total. The highest BCUT2D eigenvalue weighted by Crippen LogP contribution is 2.13. The van der Waals surface area contributed by atoms with Crippen LogP contribution in [0.2, 0.25) is 0 Å². The Morgan fingerprint density at radius 3 is 2.28 bits per heavy atom. The fourth-order valence-corrected chi connectivity index (χ4v) is 2.26. The molecule has 0 radical (unpaired) electrons. The third kappa shape index (κ3) is 5.16. The highest BCUT2D eigenvalue weighted by molar-refractivity contribution is 7.86. The van der Waals surface area contributed by atoms with Crippen molar-refractivity contribution in [3.05, 3.63) is 29.8 Å². The van der Waals surface area contributed by atoms with Crippen LogP contribution in [-0.4, -0.2) is 27.7 Å². The molecule has 0 heterocycles. The maximum absolute atomic E-state index is 11.8. The van der Waals surface area contributed by atoms with Crippen LogP contribution in [0.15, 0.2) is 29.2 Å². The van der Waals surface area contributed by atoms with E-state index in [9.17, 15) is 8.42 Å². The Labute approximate surface area is 109 Å². The maximum atomic E-state index is 11.8. The molecule has 0 fully saturated rings. The minimum Gasteiger partial charge on any atom is -0.379 e. The van der Waals surface area contributed by atoms with E-state index in [1.807, 2.05) is 20.8 Å². The third-order valence-corrected chi connectivity index (χ3v) is 3.61. The summed E-state index contributed by atoms with van der Waals surface area (Å²) in [5.74, 6) is 0. The van der Waals surface area contributed by atoms with E-state index in [2.05, 4.69) is 0 Å². The number of rotatable bonds is 7. The molecule has 1 aromatic rings. The van der Waals surface area contributed by atoms with E-state index in [0.717, 1.165) is 5.56 Å². The quantitative estimate of drug-likeness (QED) is 0.565. The molecule has 0 spiro atoms. The standard InChI is InChI=1S/C13H20O4S/c1-11(2)16-9-4-10-17-18(14,15)13-7-5-12(3)6-8-13/h5-8,11H,4,9-10H2,1-3H3. The normalized spacial score (nSPS) is 12.0. The summed E-state index contributed by atoms with van der Waals surface area (Å²) in [7, 11) is -3.63. The molecule has 1 aromatic carbocycles. The van der Waals surface area contributed by atoms with E-state index < -0.39 is 10.1 Å². The van der Waals surface area contributed by atoms with Crippen molar-refractivity contribution in [3.8, 4) is 0 Å². The van der Waals surface area contributed by atoms with Gasteiger partial charge in [0.2, 0.25) is 0 Å². The summed E-state index contributed by atoms with van der Waals surface area (Å²) in [5, 5.41) is 0. The molecule has 0 amide bonds. The van der Waals surface area contributed by atoms with Gasteiger partial charge in [0.15, 0.2) is 0 Å². The topological polar surface area (TPSA) is 52.6 Å². The van der Waals surface area contributed by atoms with Gasteiger partial charge >= 0.3 is 0 Å². The Bertz CT molecular complexity index is 448. The molecule has 0 aliphatic rings. The average Bonchev–Trinajstić information content (AvgIpc) is 2.28. The SMILES string of the molecule is Cc1ccc(S(=O)(=O)OCCCOC(C)C)cc1. The second kappa shape index (κ2) is 6.87. The molecule has 0 atom stereocenters. The Balaban J connectivity index is 2.43. The van der Waals surface area contributed by atoms with E-state index in [-0.39, 0.29) is 17.6 Å². The van der Waals surface area contributed by atoms with E-state index in [4.69, 9.17) is 8.92 Å². The Kier molecular flexibility index (Phi) is 5.78. The van der Waals surface area contributed by atoms with Gasteiger partial charge in [0.25, 0.3) is 10.1 Å². The van der Waals surface area contributed by atoms with Gasteiger partial charge in [0.05, 0.1) is 17.6 Å². The summed E-state index contributed by atoms with van der Waals surface area (Å²) >= 11 is 0. The van der Waals surface area contributed by atoms with E-state index in [0.29, 0.717) is 13.0 Å². The van der Waals surface area contributed by atoms with Crippen LogP contribution in [-0.2, 0) is 19.0 Å². The van der Waals surface area contributed by atoms with E-state index in [1.54, 1.807) is 24.3 Å². The summed E-state index contributed by atoms with van der Waals surface area (Å²) < 4.78 is 33.8. The lowest BCUT2D eigenvalue weighted by Gasteiger charge is -2.08. The minimum atomic E-state index is -3.63. The molecule has 0 aliphatic heterocycles.